The number of hydrogen-bond acceptors (Lipinski definition) is 3. The van der Waals surface area contributed by atoms with Crippen molar-refractivity contribution in [3.8, 4) is 6.07 Å². The smallest absolute Gasteiger partial charge is 0.186 e. The van der Waals surface area contributed by atoms with E-state index in [1.54, 1.807) is 55.5 Å². The van der Waals surface area contributed by atoms with Crippen LogP contribution < -0.4 is 0 Å². The molecule has 0 spiro atoms. The lowest BCUT2D eigenvalue weighted by Gasteiger charge is -2.16. The van der Waals surface area contributed by atoms with Crippen molar-refractivity contribution in [1.82, 2.24) is 0 Å². The van der Waals surface area contributed by atoms with Gasteiger partial charge in [0, 0.05) is 0 Å². The third kappa shape index (κ3) is 2.73. The van der Waals surface area contributed by atoms with Crippen LogP contribution in [0, 0.1) is 18.3 Å². The van der Waals surface area contributed by atoms with Gasteiger partial charge in [-0.2, -0.15) is 5.26 Å². The first-order chi connectivity index (χ1) is 9.57. The average molecular weight is 285 g/mol. The van der Waals surface area contributed by atoms with Crippen molar-refractivity contribution in [2.45, 2.75) is 23.5 Å². The van der Waals surface area contributed by atoms with E-state index in [1.165, 1.54) is 0 Å². The van der Waals surface area contributed by atoms with E-state index in [0.29, 0.717) is 16.0 Å². The highest BCUT2D eigenvalue weighted by Crippen LogP contribution is 2.32. The van der Waals surface area contributed by atoms with Crippen LogP contribution in [0.1, 0.15) is 22.8 Å². The van der Waals surface area contributed by atoms with Crippen molar-refractivity contribution >= 4 is 9.84 Å². The summed E-state index contributed by atoms with van der Waals surface area (Å²) in [6.45, 7) is 1.77. The summed E-state index contributed by atoms with van der Waals surface area (Å²) in [5, 5.41) is 8.14. The predicted molar refractivity (Wildman–Crippen MR) is 77.8 cm³/mol. The van der Waals surface area contributed by atoms with Crippen molar-refractivity contribution in [2.24, 2.45) is 0 Å². The summed E-state index contributed by atoms with van der Waals surface area (Å²) < 4.78 is 25.6. The molecule has 4 heteroatoms. The molecule has 1 atom stereocenters. The summed E-state index contributed by atoms with van der Waals surface area (Å²) in [7, 11) is -3.57. The molecule has 0 radical (unpaired) electrons. The molecule has 0 saturated carbocycles. The monoisotopic (exact) mass is 285 g/mol. The molecule has 0 aromatic heterocycles. The molecular formula is C16H15NO2S. The molecule has 0 amide bonds. The number of rotatable bonds is 4. The standard InChI is InChI=1S/C16H15NO2S/c1-13-7-5-6-10-15(13)20(18,19)16(11-12-17)14-8-3-2-4-9-14/h2-10,16H,11H2,1H3. The maximum Gasteiger partial charge on any atom is 0.186 e. The molecule has 3 nitrogen and oxygen atoms in total. The van der Waals surface area contributed by atoms with E-state index in [-0.39, 0.29) is 6.42 Å². The number of sulfone groups is 1. The molecular weight excluding hydrogens is 270 g/mol. The molecule has 2 rings (SSSR count). The van der Waals surface area contributed by atoms with E-state index in [4.69, 9.17) is 5.26 Å². The van der Waals surface area contributed by atoms with Crippen LogP contribution in [0.15, 0.2) is 59.5 Å². The second-order valence-electron chi connectivity index (χ2n) is 4.57. The van der Waals surface area contributed by atoms with Gasteiger partial charge in [0.2, 0.25) is 0 Å². The summed E-state index contributed by atoms with van der Waals surface area (Å²) in [6.07, 6.45) is -0.0549. The summed E-state index contributed by atoms with van der Waals surface area (Å²) >= 11 is 0. The Morgan fingerprint density at radius 2 is 1.65 bits per heavy atom. The van der Waals surface area contributed by atoms with Crippen LogP contribution in [0.25, 0.3) is 0 Å². The lowest BCUT2D eigenvalue weighted by Crippen LogP contribution is -2.14. The van der Waals surface area contributed by atoms with Gasteiger partial charge >= 0.3 is 0 Å². The zero-order chi connectivity index (χ0) is 14.6. The van der Waals surface area contributed by atoms with Crippen LogP contribution in [0.5, 0.6) is 0 Å². The molecule has 0 fully saturated rings. The first-order valence-corrected chi connectivity index (χ1v) is 7.83. The van der Waals surface area contributed by atoms with Crippen LogP contribution in [0.4, 0.5) is 0 Å². The minimum absolute atomic E-state index is 0.0549. The second-order valence-corrected chi connectivity index (χ2v) is 6.67. The van der Waals surface area contributed by atoms with Crippen molar-refractivity contribution in [2.75, 3.05) is 0 Å². The Morgan fingerprint density at radius 3 is 2.25 bits per heavy atom. The van der Waals surface area contributed by atoms with Crippen molar-refractivity contribution in [3.05, 3.63) is 65.7 Å². The Kier molecular flexibility index (Phi) is 4.21. The molecule has 20 heavy (non-hydrogen) atoms. The highest BCUT2D eigenvalue weighted by molar-refractivity contribution is 7.91. The van der Waals surface area contributed by atoms with Gasteiger partial charge in [0.05, 0.1) is 17.4 Å². The zero-order valence-electron chi connectivity index (χ0n) is 11.2. The van der Waals surface area contributed by atoms with Crippen molar-refractivity contribution < 1.29 is 8.42 Å². The van der Waals surface area contributed by atoms with Crippen molar-refractivity contribution in [3.63, 3.8) is 0 Å². The molecule has 0 saturated heterocycles. The van der Waals surface area contributed by atoms with Crippen molar-refractivity contribution in [1.29, 1.82) is 5.26 Å². The molecule has 1 unspecified atom stereocenters. The van der Waals surface area contributed by atoms with Gasteiger partial charge in [-0.25, -0.2) is 8.42 Å². The highest BCUT2D eigenvalue weighted by atomic mass is 32.2. The molecule has 0 aliphatic heterocycles. The lowest BCUT2D eigenvalue weighted by atomic mass is 10.1. The van der Waals surface area contributed by atoms with Gasteiger partial charge in [-0.1, -0.05) is 48.5 Å². The van der Waals surface area contributed by atoms with Gasteiger partial charge in [-0.3, -0.25) is 0 Å². The van der Waals surface area contributed by atoms with E-state index in [2.05, 4.69) is 0 Å². The summed E-state index contributed by atoms with van der Waals surface area (Å²) in [5.41, 5.74) is 1.35. The normalized spacial score (nSPS) is 12.6. The Bertz CT molecular complexity index is 731. The molecule has 2 aromatic carbocycles. The Morgan fingerprint density at radius 1 is 1.05 bits per heavy atom. The van der Waals surface area contributed by atoms with Gasteiger partial charge < -0.3 is 0 Å². The molecule has 0 heterocycles. The number of aryl methyl sites for hydroxylation is 1. The van der Waals surface area contributed by atoms with Gasteiger partial charge in [-0.05, 0) is 24.1 Å². The Labute approximate surface area is 119 Å². The molecule has 2 aromatic rings. The number of benzene rings is 2. The third-order valence-corrected chi connectivity index (χ3v) is 5.48. The maximum atomic E-state index is 12.8. The largest absolute Gasteiger partial charge is 0.223 e. The second kappa shape index (κ2) is 5.89. The Balaban J connectivity index is 2.55. The number of nitrogens with zero attached hydrogens (tertiary/aromatic N) is 1. The molecule has 0 N–H and O–H groups in total. The molecule has 0 aliphatic rings. The summed E-state index contributed by atoms with van der Waals surface area (Å²) in [4.78, 5) is 0.295. The quantitative estimate of drug-likeness (QED) is 0.864. The van der Waals surface area contributed by atoms with E-state index in [1.807, 2.05) is 12.1 Å². The highest BCUT2D eigenvalue weighted by Gasteiger charge is 2.29. The van der Waals surface area contributed by atoms with Gasteiger partial charge in [-0.15, -0.1) is 0 Å². The molecule has 0 aliphatic carbocycles. The fraction of sp³-hybridized carbons (Fsp3) is 0.188. The van der Waals surface area contributed by atoms with Crippen LogP contribution in [0.2, 0.25) is 0 Å². The maximum absolute atomic E-state index is 12.8. The van der Waals surface area contributed by atoms with Crippen LogP contribution in [-0.4, -0.2) is 8.42 Å². The van der Waals surface area contributed by atoms with E-state index >= 15 is 0 Å². The van der Waals surface area contributed by atoms with Crippen LogP contribution in [0.3, 0.4) is 0 Å². The fourth-order valence-corrected chi connectivity index (χ4v) is 4.09. The van der Waals surface area contributed by atoms with Gasteiger partial charge in [0.1, 0.15) is 5.25 Å². The average Bonchev–Trinajstić information content (AvgIpc) is 2.45. The first-order valence-electron chi connectivity index (χ1n) is 6.29. The van der Waals surface area contributed by atoms with Crippen LogP contribution >= 0.6 is 0 Å². The minimum atomic E-state index is -3.57. The van der Waals surface area contributed by atoms with Gasteiger partial charge in [0.15, 0.2) is 9.84 Å². The molecule has 0 bridgehead atoms. The zero-order valence-corrected chi connectivity index (χ0v) is 12.0. The topological polar surface area (TPSA) is 57.9 Å². The minimum Gasteiger partial charge on any atom is -0.223 e. The lowest BCUT2D eigenvalue weighted by molar-refractivity contribution is 0.582. The SMILES string of the molecule is Cc1ccccc1S(=O)(=O)C(CC#N)c1ccccc1. The van der Waals surface area contributed by atoms with E-state index in [9.17, 15) is 8.42 Å². The first kappa shape index (κ1) is 14.3. The van der Waals surface area contributed by atoms with E-state index < -0.39 is 15.1 Å². The summed E-state index contributed by atoms with van der Waals surface area (Å²) in [5.74, 6) is 0. The predicted octanol–water partition coefficient (Wildman–Crippen LogP) is 3.42. The molecule has 102 valence electrons. The van der Waals surface area contributed by atoms with E-state index in [0.717, 1.165) is 0 Å². The third-order valence-electron chi connectivity index (χ3n) is 3.22. The summed E-state index contributed by atoms with van der Waals surface area (Å²) in [6, 6.07) is 17.7. The van der Waals surface area contributed by atoms with Crippen LogP contribution in [-0.2, 0) is 9.84 Å². The Hall–Kier alpha value is -2.12. The number of hydrogen-bond donors (Lipinski definition) is 0. The number of nitriles is 1. The van der Waals surface area contributed by atoms with Gasteiger partial charge in [0.25, 0.3) is 0 Å². The fourth-order valence-electron chi connectivity index (χ4n) is 2.19.